The summed E-state index contributed by atoms with van der Waals surface area (Å²) in [6.07, 6.45) is 1.42. The van der Waals surface area contributed by atoms with Crippen molar-refractivity contribution >= 4 is 5.91 Å². The summed E-state index contributed by atoms with van der Waals surface area (Å²) in [6, 6.07) is 1.74. The molecule has 0 aliphatic carbocycles. The molecule has 110 valence electrons. The van der Waals surface area contributed by atoms with Crippen LogP contribution in [0.3, 0.4) is 0 Å². The molecule has 0 atom stereocenters. The van der Waals surface area contributed by atoms with Gasteiger partial charge in [0.1, 0.15) is 0 Å². The largest absolute Gasteiger partial charge is 0.339 e. The number of rotatable bonds is 2. The fraction of sp³-hybridized carbons (Fsp3) is 0.500. The molecule has 20 heavy (non-hydrogen) atoms. The van der Waals surface area contributed by atoms with Gasteiger partial charge in [-0.1, -0.05) is 6.92 Å². The van der Waals surface area contributed by atoms with E-state index in [4.69, 9.17) is 5.73 Å². The zero-order valence-electron chi connectivity index (χ0n) is 11.3. The van der Waals surface area contributed by atoms with Gasteiger partial charge in [0.15, 0.2) is 17.5 Å². The quantitative estimate of drug-likeness (QED) is 0.848. The fourth-order valence-corrected chi connectivity index (χ4v) is 2.32. The first-order valence-electron chi connectivity index (χ1n) is 6.51. The molecule has 0 aromatic heterocycles. The van der Waals surface area contributed by atoms with Crippen molar-refractivity contribution in [3.8, 4) is 0 Å². The van der Waals surface area contributed by atoms with E-state index in [0.29, 0.717) is 32.5 Å². The summed E-state index contributed by atoms with van der Waals surface area (Å²) in [5.74, 6) is -4.95. The molecule has 1 fully saturated rings. The SMILES string of the molecule is CC1(CN)CCN(C(=O)c2ccc(F)c(F)c2F)CC1. The second kappa shape index (κ2) is 5.44. The number of hydrogen-bond acceptors (Lipinski definition) is 2. The third kappa shape index (κ3) is 2.65. The Morgan fingerprint density at radius 3 is 2.40 bits per heavy atom. The van der Waals surface area contributed by atoms with Gasteiger partial charge in [-0.15, -0.1) is 0 Å². The Kier molecular flexibility index (Phi) is 4.04. The number of carbonyl (C=O) groups excluding carboxylic acids is 1. The number of amides is 1. The van der Waals surface area contributed by atoms with Crippen molar-refractivity contribution in [1.29, 1.82) is 0 Å². The summed E-state index contributed by atoms with van der Waals surface area (Å²) in [6.45, 7) is 3.43. The average molecular weight is 286 g/mol. The van der Waals surface area contributed by atoms with Crippen molar-refractivity contribution in [1.82, 2.24) is 4.90 Å². The molecule has 3 nitrogen and oxygen atoms in total. The van der Waals surface area contributed by atoms with Gasteiger partial charge in [0.25, 0.3) is 5.91 Å². The first-order valence-corrected chi connectivity index (χ1v) is 6.51. The van der Waals surface area contributed by atoms with E-state index in [9.17, 15) is 18.0 Å². The molecule has 1 aliphatic heterocycles. The van der Waals surface area contributed by atoms with Crippen molar-refractivity contribution in [2.24, 2.45) is 11.1 Å². The van der Waals surface area contributed by atoms with Gasteiger partial charge in [-0.2, -0.15) is 0 Å². The monoisotopic (exact) mass is 286 g/mol. The summed E-state index contributed by atoms with van der Waals surface area (Å²) in [4.78, 5) is 13.6. The van der Waals surface area contributed by atoms with Crippen LogP contribution in [-0.2, 0) is 0 Å². The number of nitrogens with zero attached hydrogens (tertiary/aromatic N) is 1. The molecule has 2 N–H and O–H groups in total. The molecule has 0 radical (unpaired) electrons. The predicted molar refractivity (Wildman–Crippen MR) is 68.6 cm³/mol. The minimum Gasteiger partial charge on any atom is -0.339 e. The van der Waals surface area contributed by atoms with Gasteiger partial charge in [-0.05, 0) is 36.9 Å². The van der Waals surface area contributed by atoms with Gasteiger partial charge < -0.3 is 10.6 Å². The second-order valence-electron chi connectivity index (χ2n) is 5.53. The number of piperidine rings is 1. The van der Waals surface area contributed by atoms with Crippen LogP contribution < -0.4 is 5.73 Å². The van der Waals surface area contributed by atoms with Gasteiger partial charge in [-0.25, -0.2) is 13.2 Å². The Morgan fingerprint density at radius 2 is 1.85 bits per heavy atom. The molecule has 1 heterocycles. The molecule has 6 heteroatoms. The van der Waals surface area contributed by atoms with Crippen molar-refractivity contribution in [3.05, 3.63) is 35.1 Å². The van der Waals surface area contributed by atoms with E-state index in [2.05, 4.69) is 0 Å². The van der Waals surface area contributed by atoms with E-state index in [1.807, 2.05) is 6.92 Å². The third-order valence-corrected chi connectivity index (χ3v) is 4.02. The Balaban J connectivity index is 2.16. The van der Waals surface area contributed by atoms with Crippen LogP contribution in [0.25, 0.3) is 0 Å². The molecule has 1 amide bonds. The topological polar surface area (TPSA) is 46.3 Å². The minimum atomic E-state index is -1.61. The van der Waals surface area contributed by atoms with Crippen LogP contribution in [0.4, 0.5) is 13.2 Å². The maximum atomic E-state index is 13.6. The third-order valence-electron chi connectivity index (χ3n) is 4.02. The van der Waals surface area contributed by atoms with E-state index < -0.39 is 28.9 Å². The predicted octanol–water partition coefficient (Wildman–Crippen LogP) is 2.30. The molecule has 0 spiro atoms. The van der Waals surface area contributed by atoms with Crippen molar-refractivity contribution in [2.75, 3.05) is 19.6 Å². The summed E-state index contributed by atoms with van der Waals surface area (Å²) >= 11 is 0. The van der Waals surface area contributed by atoms with Gasteiger partial charge in [0.05, 0.1) is 5.56 Å². The number of carbonyl (C=O) groups is 1. The standard InChI is InChI=1S/C14H17F3N2O/c1-14(8-18)4-6-19(7-5-14)13(20)9-2-3-10(15)12(17)11(9)16/h2-3H,4-8,18H2,1H3. The number of nitrogens with two attached hydrogens (primary N) is 1. The smallest absolute Gasteiger partial charge is 0.256 e. The highest BCUT2D eigenvalue weighted by molar-refractivity contribution is 5.94. The normalized spacial score (nSPS) is 18.1. The molecule has 0 bridgehead atoms. The van der Waals surface area contributed by atoms with Gasteiger partial charge >= 0.3 is 0 Å². The van der Waals surface area contributed by atoms with E-state index in [-0.39, 0.29) is 5.41 Å². The minimum absolute atomic E-state index is 0.0244. The molecule has 1 aromatic carbocycles. The Morgan fingerprint density at radius 1 is 1.25 bits per heavy atom. The van der Waals surface area contributed by atoms with E-state index in [1.54, 1.807) is 0 Å². The highest BCUT2D eigenvalue weighted by Crippen LogP contribution is 2.30. The first kappa shape index (κ1) is 14.8. The molecule has 1 saturated heterocycles. The van der Waals surface area contributed by atoms with E-state index in [1.165, 1.54) is 4.90 Å². The van der Waals surface area contributed by atoms with Gasteiger partial charge in [-0.3, -0.25) is 4.79 Å². The number of halogens is 3. The molecule has 0 unspecified atom stereocenters. The molecule has 0 saturated carbocycles. The van der Waals surface area contributed by atoms with Crippen LogP contribution in [0, 0.1) is 22.9 Å². The zero-order chi connectivity index (χ0) is 14.9. The van der Waals surface area contributed by atoms with Crippen LogP contribution >= 0.6 is 0 Å². The summed E-state index contributed by atoms with van der Waals surface area (Å²) < 4.78 is 39.6. The number of benzene rings is 1. The Hall–Kier alpha value is -1.56. The summed E-state index contributed by atoms with van der Waals surface area (Å²) in [7, 11) is 0. The number of hydrogen-bond donors (Lipinski definition) is 1. The molecule has 1 aliphatic rings. The van der Waals surface area contributed by atoms with Gasteiger partial charge in [0, 0.05) is 13.1 Å². The van der Waals surface area contributed by atoms with Crippen LogP contribution in [0.5, 0.6) is 0 Å². The van der Waals surface area contributed by atoms with Gasteiger partial charge in [0.2, 0.25) is 0 Å². The number of likely N-dealkylation sites (tertiary alicyclic amines) is 1. The van der Waals surface area contributed by atoms with Crippen LogP contribution in [0.2, 0.25) is 0 Å². The lowest BCUT2D eigenvalue weighted by molar-refractivity contribution is 0.0612. The lowest BCUT2D eigenvalue weighted by Crippen LogP contribution is -2.45. The van der Waals surface area contributed by atoms with Crippen LogP contribution in [0.15, 0.2) is 12.1 Å². The van der Waals surface area contributed by atoms with Crippen LogP contribution in [-0.4, -0.2) is 30.4 Å². The van der Waals surface area contributed by atoms with Crippen molar-refractivity contribution in [2.45, 2.75) is 19.8 Å². The molecule has 1 aromatic rings. The zero-order valence-corrected chi connectivity index (χ0v) is 11.3. The lowest BCUT2D eigenvalue weighted by atomic mass is 9.80. The molecular weight excluding hydrogens is 269 g/mol. The first-order chi connectivity index (χ1) is 9.38. The second-order valence-corrected chi connectivity index (χ2v) is 5.53. The Bertz CT molecular complexity index is 525. The van der Waals surface area contributed by atoms with E-state index in [0.717, 1.165) is 12.1 Å². The van der Waals surface area contributed by atoms with Crippen molar-refractivity contribution < 1.29 is 18.0 Å². The maximum Gasteiger partial charge on any atom is 0.256 e. The highest BCUT2D eigenvalue weighted by Gasteiger charge is 2.32. The summed E-state index contributed by atoms with van der Waals surface area (Å²) in [5.41, 5.74) is 5.22. The molecular formula is C14H17F3N2O. The molecule has 2 rings (SSSR count). The fourth-order valence-electron chi connectivity index (χ4n) is 2.32. The van der Waals surface area contributed by atoms with E-state index >= 15 is 0 Å². The summed E-state index contributed by atoms with van der Waals surface area (Å²) in [5, 5.41) is 0. The van der Waals surface area contributed by atoms with Crippen molar-refractivity contribution in [3.63, 3.8) is 0 Å². The average Bonchev–Trinajstić information content (AvgIpc) is 2.45. The maximum absolute atomic E-state index is 13.6. The lowest BCUT2D eigenvalue weighted by Gasteiger charge is -2.38. The van der Waals surface area contributed by atoms with Crippen LogP contribution in [0.1, 0.15) is 30.1 Å². The Labute approximate surface area is 115 Å². The highest BCUT2D eigenvalue weighted by atomic mass is 19.2.